The Morgan fingerprint density at radius 2 is 2.00 bits per heavy atom. The monoisotopic (exact) mass is 509 g/mol. The summed E-state index contributed by atoms with van der Waals surface area (Å²) in [5.74, 6) is 0.667. The molecule has 2 aromatic carbocycles. The van der Waals surface area contributed by atoms with Crippen LogP contribution in [0.1, 0.15) is 52.7 Å². The molecule has 2 heterocycles. The van der Waals surface area contributed by atoms with Crippen LogP contribution in [0.4, 0.5) is 0 Å². The molecule has 2 atom stereocenters. The molecule has 0 saturated carbocycles. The number of fused-ring (bicyclic) bond motifs is 2. The van der Waals surface area contributed by atoms with Gasteiger partial charge < -0.3 is 9.84 Å². The van der Waals surface area contributed by atoms with Crippen molar-refractivity contribution < 1.29 is 14.6 Å². The summed E-state index contributed by atoms with van der Waals surface area (Å²) in [7, 11) is 0. The molecule has 0 radical (unpaired) electrons. The third kappa shape index (κ3) is 3.95. The van der Waals surface area contributed by atoms with Crippen molar-refractivity contribution in [1.29, 1.82) is 0 Å². The van der Waals surface area contributed by atoms with Crippen LogP contribution >= 0.6 is 27.7 Å². The molecular formula is C26H24BrNO3S. The van der Waals surface area contributed by atoms with Crippen molar-refractivity contribution in [3.05, 3.63) is 74.9 Å². The first-order valence-electron chi connectivity index (χ1n) is 10.8. The van der Waals surface area contributed by atoms with Gasteiger partial charge in [-0.1, -0.05) is 34.1 Å². The molecule has 4 nitrogen and oxygen atoms in total. The lowest BCUT2D eigenvalue weighted by atomic mass is 9.91. The number of hydrogen-bond acceptors (Lipinski definition) is 4. The standard InChI is InChI=1S/C26H24BrNO3S/c1-14-8-17(27)9-15(2)26(14)20-5-3-4-19-18(20)6-7-22(19)31-24-11-23-21(12-28-24)16(13-32-23)10-25(29)30/h3-5,8-9,11-12,16,22H,6-7,10,13H2,1-2H3,(H,29,30). The van der Waals surface area contributed by atoms with Crippen LogP contribution in [0, 0.1) is 13.8 Å². The first-order chi connectivity index (χ1) is 15.4. The van der Waals surface area contributed by atoms with Gasteiger partial charge in [-0.25, -0.2) is 4.98 Å². The summed E-state index contributed by atoms with van der Waals surface area (Å²) in [6.07, 6.45) is 3.84. The second kappa shape index (κ2) is 8.56. The number of aryl methyl sites for hydroxylation is 2. The number of aromatic nitrogens is 1. The first kappa shape index (κ1) is 21.5. The maximum Gasteiger partial charge on any atom is 0.303 e. The van der Waals surface area contributed by atoms with Gasteiger partial charge in [-0.15, -0.1) is 11.8 Å². The molecule has 2 unspecified atom stereocenters. The summed E-state index contributed by atoms with van der Waals surface area (Å²) >= 11 is 5.30. The number of carboxylic acids is 1. The predicted octanol–water partition coefficient (Wildman–Crippen LogP) is 6.86. The van der Waals surface area contributed by atoms with E-state index < -0.39 is 5.97 Å². The molecular weight excluding hydrogens is 486 g/mol. The predicted molar refractivity (Wildman–Crippen MR) is 131 cm³/mol. The summed E-state index contributed by atoms with van der Waals surface area (Å²) in [5, 5.41) is 9.13. The minimum atomic E-state index is -0.765. The number of thioether (sulfide) groups is 1. The average Bonchev–Trinajstić information content (AvgIpc) is 3.32. The van der Waals surface area contributed by atoms with Crippen LogP contribution in [0.5, 0.6) is 5.88 Å². The Bertz CT molecular complexity index is 1200. The SMILES string of the molecule is Cc1cc(Br)cc(C)c1-c1cccc2c1CCC2Oc1cc2c(cn1)C(CC(=O)O)CS2. The van der Waals surface area contributed by atoms with Crippen LogP contribution in [-0.4, -0.2) is 21.8 Å². The molecule has 164 valence electrons. The minimum absolute atomic E-state index is 0.0206. The van der Waals surface area contributed by atoms with Gasteiger partial charge in [0.15, 0.2) is 0 Å². The zero-order chi connectivity index (χ0) is 22.4. The van der Waals surface area contributed by atoms with Crippen LogP contribution < -0.4 is 4.74 Å². The Morgan fingerprint density at radius 3 is 2.75 bits per heavy atom. The lowest BCUT2D eigenvalue weighted by Crippen LogP contribution is -2.07. The number of ether oxygens (including phenoxy) is 1. The fourth-order valence-corrected chi connectivity index (χ4v) is 6.97. The van der Waals surface area contributed by atoms with Crippen LogP contribution in [0.2, 0.25) is 0 Å². The lowest BCUT2D eigenvalue weighted by Gasteiger charge is -2.17. The first-order valence-corrected chi connectivity index (χ1v) is 12.6. The Labute approximate surface area is 200 Å². The number of hydrogen-bond donors (Lipinski definition) is 1. The van der Waals surface area contributed by atoms with Crippen molar-refractivity contribution in [2.24, 2.45) is 0 Å². The van der Waals surface area contributed by atoms with Crippen LogP contribution in [-0.2, 0) is 11.2 Å². The van der Waals surface area contributed by atoms with Gasteiger partial charge in [0.1, 0.15) is 6.10 Å². The molecule has 0 bridgehead atoms. The summed E-state index contributed by atoms with van der Waals surface area (Å²) < 4.78 is 7.47. The Morgan fingerprint density at radius 1 is 1.22 bits per heavy atom. The van der Waals surface area contributed by atoms with Crippen molar-refractivity contribution in [1.82, 2.24) is 4.98 Å². The van der Waals surface area contributed by atoms with Crippen molar-refractivity contribution >= 4 is 33.7 Å². The van der Waals surface area contributed by atoms with Crippen LogP contribution in [0.15, 0.2) is 52.0 Å². The zero-order valence-electron chi connectivity index (χ0n) is 18.0. The zero-order valence-corrected chi connectivity index (χ0v) is 20.4. The number of aliphatic carboxylic acids is 1. The number of carbonyl (C=O) groups is 1. The topological polar surface area (TPSA) is 59.4 Å². The highest BCUT2D eigenvalue weighted by Gasteiger charge is 2.30. The number of benzene rings is 2. The van der Waals surface area contributed by atoms with Crippen LogP contribution in [0.3, 0.4) is 0 Å². The average molecular weight is 510 g/mol. The molecule has 32 heavy (non-hydrogen) atoms. The molecule has 2 aliphatic rings. The van der Waals surface area contributed by atoms with E-state index in [1.54, 1.807) is 18.0 Å². The normalized spacial score (nSPS) is 19.0. The van der Waals surface area contributed by atoms with E-state index in [4.69, 9.17) is 9.84 Å². The van der Waals surface area contributed by atoms with Gasteiger partial charge in [-0.05, 0) is 77.8 Å². The second-order valence-electron chi connectivity index (χ2n) is 8.60. The molecule has 0 saturated heterocycles. The highest BCUT2D eigenvalue weighted by molar-refractivity contribution is 9.10. The van der Waals surface area contributed by atoms with E-state index in [2.05, 4.69) is 65.1 Å². The van der Waals surface area contributed by atoms with Gasteiger partial charge in [-0.3, -0.25) is 4.79 Å². The highest BCUT2D eigenvalue weighted by Crippen LogP contribution is 2.45. The van der Waals surface area contributed by atoms with Gasteiger partial charge in [0.2, 0.25) is 5.88 Å². The van der Waals surface area contributed by atoms with E-state index in [0.29, 0.717) is 5.88 Å². The fraction of sp³-hybridized carbons (Fsp3) is 0.308. The highest BCUT2D eigenvalue weighted by atomic mass is 79.9. The van der Waals surface area contributed by atoms with Gasteiger partial charge in [0.05, 0.1) is 6.42 Å². The smallest absolute Gasteiger partial charge is 0.303 e. The molecule has 0 fully saturated rings. The maximum atomic E-state index is 11.1. The molecule has 6 heteroatoms. The fourth-order valence-electron chi connectivity index (χ4n) is 5.04. The summed E-state index contributed by atoms with van der Waals surface area (Å²) in [6.45, 7) is 4.33. The summed E-state index contributed by atoms with van der Waals surface area (Å²) in [5.41, 5.74) is 8.77. The van der Waals surface area contributed by atoms with Crippen molar-refractivity contribution in [2.75, 3.05) is 5.75 Å². The Hall–Kier alpha value is -2.31. The van der Waals surface area contributed by atoms with E-state index in [0.717, 1.165) is 33.5 Å². The molecule has 0 amide bonds. The van der Waals surface area contributed by atoms with E-state index in [1.807, 2.05) is 6.07 Å². The largest absolute Gasteiger partial charge is 0.481 e. The van der Waals surface area contributed by atoms with E-state index in [9.17, 15) is 4.79 Å². The van der Waals surface area contributed by atoms with Gasteiger partial charge in [0, 0.05) is 33.3 Å². The molecule has 0 spiro atoms. The number of carboxylic acid groups (broad SMARTS) is 1. The number of halogens is 1. The van der Waals surface area contributed by atoms with Crippen molar-refractivity contribution in [3.8, 4) is 17.0 Å². The van der Waals surface area contributed by atoms with Gasteiger partial charge in [0.25, 0.3) is 0 Å². The molecule has 1 aliphatic carbocycles. The Kier molecular flexibility index (Phi) is 5.76. The van der Waals surface area contributed by atoms with E-state index in [-0.39, 0.29) is 18.4 Å². The molecule has 1 aliphatic heterocycles. The minimum Gasteiger partial charge on any atom is -0.481 e. The van der Waals surface area contributed by atoms with E-state index >= 15 is 0 Å². The summed E-state index contributed by atoms with van der Waals surface area (Å²) in [4.78, 5) is 16.7. The second-order valence-corrected chi connectivity index (χ2v) is 10.6. The summed E-state index contributed by atoms with van der Waals surface area (Å²) in [6, 6.07) is 12.8. The van der Waals surface area contributed by atoms with Crippen molar-refractivity contribution in [2.45, 2.75) is 50.0 Å². The number of nitrogens with zero attached hydrogens (tertiary/aromatic N) is 1. The Balaban J connectivity index is 1.42. The third-order valence-electron chi connectivity index (χ3n) is 6.42. The lowest BCUT2D eigenvalue weighted by molar-refractivity contribution is -0.137. The van der Waals surface area contributed by atoms with Gasteiger partial charge >= 0.3 is 5.97 Å². The third-order valence-corrected chi connectivity index (χ3v) is 8.11. The molecule has 1 aromatic heterocycles. The molecule has 5 rings (SSSR count). The quantitative estimate of drug-likeness (QED) is 0.407. The maximum absolute atomic E-state index is 11.1. The number of rotatable bonds is 5. The van der Waals surface area contributed by atoms with Crippen molar-refractivity contribution in [3.63, 3.8) is 0 Å². The van der Waals surface area contributed by atoms with E-state index in [1.165, 1.54) is 33.4 Å². The van der Waals surface area contributed by atoms with Gasteiger partial charge in [-0.2, -0.15) is 0 Å². The number of pyridine rings is 1. The molecule has 1 N–H and O–H groups in total. The van der Waals surface area contributed by atoms with Crippen LogP contribution in [0.25, 0.3) is 11.1 Å². The molecule has 3 aromatic rings.